The Morgan fingerprint density at radius 1 is 1.07 bits per heavy atom. The third kappa shape index (κ3) is 4.49. The standard InChI is InChI=1S/C21H30N4O2/c1-15-4-5-16(13-22-15)21(27)24-11-8-19(9-12-24)25-10-2-3-17(14-25)20(26)23-18-6-7-18/h4-5,13,17-19H,2-3,6-12,14H2,1H3,(H,23,26)/t17-/m1/s1. The highest BCUT2D eigenvalue weighted by molar-refractivity contribution is 5.94. The number of rotatable bonds is 4. The van der Waals surface area contributed by atoms with E-state index in [9.17, 15) is 9.59 Å². The lowest BCUT2D eigenvalue weighted by Gasteiger charge is -2.42. The Bertz CT molecular complexity index is 678. The first kappa shape index (κ1) is 18.4. The third-order valence-electron chi connectivity index (χ3n) is 6.17. The maximum Gasteiger partial charge on any atom is 0.255 e. The molecule has 146 valence electrons. The summed E-state index contributed by atoms with van der Waals surface area (Å²) in [6.45, 7) is 5.45. The number of pyridine rings is 1. The van der Waals surface area contributed by atoms with Crippen LogP contribution in [-0.4, -0.2) is 64.9 Å². The molecule has 2 saturated heterocycles. The number of nitrogens with one attached hydrogen (secondary N) is 1. The van der Waals surface area contributed by atoms with Crippen molar-refractivity contribution in [2.75, 3.05) is 26.2 Å². The van der Waals surface area contributed by atoms with Gasteiger partial charge in [-0.15, -0.1) is 0 Å². The van der Waals surface area contributed by atoms with Gasteiger partial charge in [-0.2, -0.15) is 0 Å². The summed E-state index contributed by atoms with van der Waals surface area (Å²) in [5, 5.41) is 3.17. The molecule has 0 unspecified atom stereocenters. The molecule has 27 heavy (non-hydrogen) atoms. The Morgan fingerprint density at radius 2 is 1.85 bits per heavy atom. The highest BCUT2D eigenvalue weighted by Crippen LogP contribution is 2.26. The van der Waals surface area contributed by atoms with E-state index in [1.165, 1.54) is 0 Å². The molecular weight excluding hydrogens is 340 g/mol. The Balaban J connectivity index is 1.28. The van der Waals surface area contributed by atoms with Gasteiger partial charge in [-0.3, -0.25) is 19.5 Å². The van der Waals surface area contributed by atoms with E-state index in [1.807, 2.05) is 24.0 Å². The topological polar surface area (TPSA) is 65.5 Å². The SMILES string of the molecule is Cc1ccc(C(=O)N2CCC(N3CCC[C@@H](C(=O)NC4CC4)C3)CC2)cn1. The highest BCUT2D eigenvalue weighted by atomic mass is 16.2. The summed E-state index contributed by atoms with van der Waals surface area (Å²) >= 11 is 0. The van der Waals surface area contributed by atoms with Gasteiger partial charge < -0.3 is 10.2 Å². The van der Waals surface area contributed by atoms with Gasteiger partial charge in [-0.25, -0.2) is 0 Å². The van der Waals surface area contributed by atoms with Crippen LogP contribution >= 0.6 is 0 Å². The minimum Gasteiger partial charge on any atom is -0.353 e. The van der Waals surface area contributed by atoms with Crippen molar-refractivity contribution in [3.05, 3.63) is 29.6 Å². The van der Waals surface area contributed by atoms with Gasteiger partial charge in [0.1, 0.15) is 0 Å². The Morgan fingerprint density at radius 3 is 2.52 bits per heavy atom. The van der Waals surface area contributed by atoms with Crippen molar-refractivity contribution in [3.63, 3.8) is 0 Å². The molecule has 2 amide bonds. The molecule has 3 heterocycles. The highest BCUT2D eigenvalue weighted by Gasteiger charge is 2.34. The molecule has 1 aliphatic carbocycles. The predicted molar refractivity (Wildman–Crippen MR) is 103 cm³/mol. The van der Waals surface area contributed by atoms with Crippen molar-refractivity contribution < 1.29 is 9.59 Å². The van der Waals surface area contributed by atoms with E-state index in [1.54, 1.807) is 6.20 Å². The second kappa shape index (κ2) is 7.97. The minimum atomic E-state index is 0.0845. The first-order chi connectivity index (χ1) is 13.1. The van der Waals surface area contributed by atoms with Crippen molar-refractivity contribution in [2.45, 2.75) is 57.5 Å². The molecule has 1 N–H and O–H groups in total. The van der Waals surface area contributed by atoms with Crippen LogP contribution in [0.4, 0.5) is 0 Å². The Kier molecular flexibility index (Phi) is 5.43. The lowest BCUT2D eigenvalue weighted by atomic mass is 9.93. The van der Waals surface area contributed by atoms with E-state index in [4.69, 9.17) is 0 Å². The molecule has 6 nitrogen and oxygen atoms in total. The molecule has 3 fully saturated rings. The fourth-order valence-electron chi connectivity index (χ4n) is 4.31. The summed E-state index contributed by atoms with van der Waals surface area (Å²) < 4.78 is 0. The summed E-state index contributed by atoms with van der Waals surface area (Å²) in [7, 11) is 0. The molecule has 1 aromatic heterocycles. The van der Waals surface area contributed by atoms with Crippen molar-refractivity contribution in [3.8, 4) is 0 Å². The summed E-state index contributed by atoms with van der Waals surface area (Å²) in [6.07, 6.45) is 8.04. The average molecular weight is 370 g/mol. The van der Waals surface area contributed by atoms with Crippen LogP contribution in [0.3, 0.4) is 0 Å². The van der Waals surface area contributed by atoms with Crippen LogP contribution in [0.1, 0.15) is 54.6 Å². The molecule has 0 bridgehead atoms. The molecule has 0 radical (unpaired) electrons. The van der Waals surface area contributed by atoms with E-state index < -0.39 is 0 Å². The van der Waals surface area contributed by atoms with Gasteiger partial charge in [-0.1, -0.05) is 0 Å². The Hall–Kier alpha value is -1.95. The van der Waals surface area contributed by atoms with E-state index in [0.717, 1.165) is 70.4 Å². The summed E-state index contributed by atoms with van der Waals surface area (Å²) in [5.41, 5.74) is 1.60. The predicted octanol–water partition coefficient (Wildman–Crippen LogP) is 1.99. The van der Waals surface area contributed by atoms with Crippen molar-refractivity contribution in [1.82, 2.24) is 20.1 Å². The molecule has 3 aliphatic rings. The van der Waals surface area contributed by atoms with Crippen molar-refractivity contribution in [2.24, 2.45) is 5.92 Å². The zero-order chi connectivity index (χ0) is 18.8. The van der Waals surface area contributed by atoms with Crippen LogP contribution in [0.25, 0.3) is 0 Å². The van der Waals surface area contributed by atoms with Crippen molar-refractivity contribution >= 4 is 11.8 Å². The first-order valence-corrected chi connectivity index (χ1v) is 10.4. The molecule has 4 rings (SSSR count). The van der Waals surface area contributed by atoms with Crippen LogP contribution in [-0.2, 0) is 4.79 Å². The monoisotopic (exact) mass is 370 g/mol. The minimum absolute atomic E-state index is 0.0845. The Labute approximate surface area is 161 Å². The molecule has 0 aromatic carbocycles. The number of hydrogen-bond acceptors (Lipinski definition) is 4. The van der Waals surface area contributed by atoms with Crippen LogP contribution in [0.15, 0.2) is 18.3 Å². The normalized spacial score (nSPS) is 24.6. The van der Waals surface area contributed by atoms with Crippen LogP contribution in [0, 0.1) is 12.8 Å². The summed E-state index contributed by atoms with van der Waals surface area (Å²) in [4.78, 5) is 33.7. The number of piperidine rings is 2. The number of carbonyl (C=O) groups is 2. The molecule has 1 atom stereocenters. The van der Waals surface area contributed by atoms with Gasteiger partial charge in [0, 0.05) is 43.6 Å². The summed E-state index contributed by atoms with van der Waals surface area (Å²) in [6, 6.07) is 4.69. The van der Waals surface area contributed by atoms with Gasteiger partial charge in [-0.05, 0) is 64.1 Å². The smallest absolute Gasteiger partial charge is 0.255 e. The number of hydrogen-bond donors (Lipinski definition) is 1. The molecule has 0 spiro atoms. The van der Waals surface area contributed by atoms with E-state index in [-0.39, 0.29) is 17.7 Å². The summed E-state index contributed by atoms with van der Waals surface area (Å²) in [5.74, 6) is 0.473. The van der Waals surface area contributed by atoms with Gasteiger partial charge in [0.05, 0.1) is 11.5 Å². The van der Waals surface area contributed by atoms with E-state index in [0.29, 0.717) is 17.6 Å². The molecule has 6 heteroatoms. The van der Waals surface area contributed by atoms with E-state index in [2.05, 4.69) is 15.2 Å². The largest absolute Gasteiger partial charge is 0.353 e. The van der Waals surface area contributed by atoms with E-state index >= 15 is 0 Å². The first-order valence-electron chi connectivity index (χ1n) is 10.4. The van der Waals surface area contributed by atoms with Gasteiger partial charge in [0.15, 0.2) is 0 Å². The molecule has 1 saturated carbocycles. The second-order valence-electron chi connectivity index (χ2n) is 8.33. The fraction of sp³-hybridized carbons (Fsp3) is 0.667. The zero-order valence-electron chi connectivity index (χ0n) is 16.2. The third-order valence-corrected chi connectivity index (χ3v) is 6.17. The number of carbonyl (C=O) groups excluding carboxylic acids is 2. The lowest BCUT2D eigenvalue weighted by molar-refractivity contribution is -0.127. The number of aryl methyl sites for hydroxylation is 1. The maximum atomic E-state index is 12.7. The fourth-order valence-corrected chi connectivity index (χ4v) is 4.31. The number of likely N-dealkylation sites (tertiary alicyclic amines) is 2. The molecule has 2 aliphatic heterocycles. The zero-order valence-corrected chi connectivity index (χ0v) is 16.2. The average Bonchev–Trinajstić information content (AvgIpc) is 3.52. The van der Waals surface area contributed by atoms with Gasteiger partial charge >= 0.3 is 0 Å². The maximum absolute atomic E-state index is 12.7. The molecular formula is C21H30N4O2. The number of nitrogens with zero attached hydrogens (tertiary/aromatic N) is 3. The second-order valence-corrected chi connectivity index (χ2v) is 8.33. The van der Waals surface area contributed by atoms with Gasteiger partial charge in [0.25, 0.3) is 5.91 Å². The number of amides is 2. The van der Waals surface area contributed by atoms with Crippen LogP contribution in [0.5, 0.6) is 0 Å². The van der Waals surface area contributed by atoms with Gasteiger partial charge in [0.2, 0.25) is 5.91 Å². The van der Waals surface area contributed by atoms with Crippen LogP contribution < -0.4 is 5.32 Å². The number of aromatic nitrogens is 1. The van der Waals surface area contributed by atoms with Crippen molar-refractivity contribution in [1.29, 1.82) is 0 Å². The quantitative estimate of drug-likeness (QED) is 0.880. The molecule has 1 aromatic rings. The van der Waals surface area contributed by atoms with Crippen LogP contribution in [0.2, 0.25) is 0 Å². The lowest BCUT2D eigenvalue weighted by Crippen LogP contribution is -2.51.